The summed E-state index contributed by atoms with van der Waals surface area (Å²) >= 11 is 6.23. The van der Waals surface area contributed by atoms with Gasteiger partial charge in [-0.1, -0.05) is 13.8 Å². The predicted molar refractivity (Wildman–Crippen MR) is 45.6 cm³/mol. The Kier molecular flexibility index (Phi) is 4.30. The van der Waals surface area contributed by atoms with Crippen LogP contribution in [-0.4, -0.2) is 18.1 Å². The average Bonchev–Trinajstić information content (AvgIpc) is 2.01. The van der Waals surface area contributed by atoms with Gasteiger partial charge >= 0.3 is 0 Å². The van der Waals surface area contributed by atoms with Crippen molar-refractivity contribution in [1.82, 2.24) is 0 Å². The minimum absolute atomic E-state index is 0.143. The molecule has 0 rings (SSSR count). The van der Waals surface area contributed by atoms with Crippen molar-refractivity contribution >= 4 is 11.6 Å². The molecular formula is C8H17ClO. The number of alkyl halides is 1. The van der Waals surface area contributed by atoms with Gasteiger partial charge in [0.25, 0.3) is 0 Å². The van der Waals surface area contributed by atoms with Gasteiger partial charge in [-0.25, -0.2) is 0 Å². The highest BCUT2D eigenvalue weighted by atomic mass is 35.5. The summed E-state index contributed by atoms with van der Waals surface area (Å²) in [7, 11) is 1.70. The lowest BCUT2D eigenvalue weighted by atomic mass is 9.96. The van der Waals surface area contributed by atoms with Crippen LogP contribution in [0.1, 0.15) is 33.6 Å². The van der Waals surface area contributed by atoms with Crippen LogP contribution in [0.5, 0.6) is 0 Å². The van der Waals surface area contributed by atoms with Crippen LogP contribution in [0.15, 0.2) is 0 Å². The number of methoxy groups -OCH3 is 1. The molecule has 0 spiro atoms. The molecule has 10 heavy (non-hydrogen) atoms. The van der Waals surface area contributed by atoms with Crippen molar-refractivity contribution in [2.75, 3.05) is 7.11 Å². The Labute approximate surface area is 68.7 Å². The van der Waals surface area contributed by atoms with Crippen LogP contribution >= 0.6 is 11.6 Å². The lowest BCUT2D eigenvalue weighted by Gasteiger charge is -2.29. The number of ether oxygens (including phenoxy) is 1. The summed E-state index contributed by atoms with van der Waals surface area (Å²) in [6.07, 6.45) is 2.06. The summed E-state index contributed by atoms with van der Waals surface area (Å²) in [6.45, 7) is 6.19. The second-order valence-corrected chi connectivity index (χ2v) is 3.37. The van der Waals surface area contributed by atoms with Crippen molar-refractivity contribution in [3.05, 3.63) is 0 Å². The minimum atomic E-state index is -0.158. The Hall–Kier alpha value is 0.250. The van der Waals surface area contributed by atoms with Crippen LogP contribution in [-0.2, 0) is 4.74 Å². The first kappa shape index (κ1) is 10.2. The average molecular weight is 165 g/mol. The summed E-state index contributed by atoms with van der Waals surface area (Å²) in [6, 6.07) is 0. The molecule has 0 fully saturated rings. The first-order valence-electron chi connectivity index (χ1n) is 3.82. The van der Waals surface area contributed by atoms with Crippen molar-refractivity contribution < 1.29 is 4.74 Å². The van der Waals surface area contributed by atoms with E-state index in [1.54, 1.807) is 7.11 Å². The molecule has 1 atom stereocenters. The minimum Gasteiger partial charge on any atom is -0.380 e. The highest BCUT2D eigenvalue weighted by Gasteiger charge is 2.29. The van der Waals surface area contributed by atoms with E-state index in [4.69, 9.17) is 16.3 Å². The van der Waals surface area contributed by atoms with E-state index in [1.165, 1.54) is 0 Å². The van der Waals surface area contributed by atoms with Crippen LogP contribution in [0.2, 0.25) is 0 Å². The highest BCUT2D eigenvalue weighted by molar-refractivity contribution is 6.24. The van der Waals surface area contributed by atoms with Crippen molar-refractivity contribution in [1.29, 1.82) is 0 Å². The molecule has 0 bridgehead atoms. The van der Waals surface area contributed by atoms with Crippen LogP contribution in [0, 0.1) is 0 Å². The zero-order valence-corrected chi connectivity index (χ0v) is 8.03. The molecule has 0 heterocycles. The van der Waals surface area contributed by atoms with E-state index in [0.29, 0.717) is 0 Å². The van der Waals surface area contributed by atoms with Crippen molar-refractivity contribution in [3.63, 3.8) is 0 Å². The van der Waals surface area contributed by atoms with Gasteiger partial charge in [0.1, 0.15) is 0 Å². The smallest absolute Gasteiger partial charge is 0.0734 e. The van der Waals surface area contributed by atoms with Gasteiger partial charge in [-0.15, -0.1) is 11.6 Å². The molecule has 62 valence electrons. The molecular weight excluding hydrogens is 148 g/mol. The number of halogens is 1. The highest BCUT2D eigenvalue weighted by Crippen LogP contribution is 2.29. The molecule has 0 aromatic heterocycles. The summed E-state index contributed by atoms with van der Waals surface area (Å²) < 4.78 is 5.17. The topological polar surface area (TPSA) is 9.23 Å². The summed E-state index contributed by atoms with van der Waals surface area (Å²) in [4.78, 5) is -0.158. The molecule has 0 amide bonds. The molecule has 1 nitrogen and oxygen atoms in total. The van der Waals surface area contributed by atoms with Crippen molar-refractivity contribution in [3.8, 4) is 0 Å². The van der Waals surface area contributed by atoms with E-state index in [1.807, 2.05) is 6.92 Å². The van der Waals surface area contributed by atoms with Gasteiger partial charge in [-0.3, -0.25) is 0 Å². The zero-order chi connectivity index (χ0) is 8.20. The van der Waals surface area contributed by atoms with Gasteiger partial charge in [0.05, 0.1) is 11.0 Å². The van der Waals surface area contributed by atoms with Gasteiger partial charge in [0.2, 0.25) is 0 Å². The maximum Gasteiger partial charge on any atom is 0.0734 e. The third-order valence-electron chi connectivity index (χ3n) is 2.26. The standard InChI is InChI=1S/C8H17ClO/c1-5-8(9,6-2)7(3)10-4/h7H,5-6H2,1-4H3. The van der Waals surface area contributed by atoms with Crippen molar-refractivity contribution in [2.24, 2.45) is 0 Å². The van der Waals surface area contributed by atoms with Gasteiger partial charge in [0.15, 0.2) is 0 Å². The first-order valence-corrected chi connectivity index (χ1v) is 4.20. The quantitative estimate of drug-likeness (QED) is 0.581. The fourth-order valence-corrected chi connectivity index (χ4v) is 1.13. The second kappa shape index (κ2) is 4.20. The largest absolute Gasteiger partial charge is 0.380 e. The van der Waals surface area contributed by atoms with Crippen LogP contribution in [0.3, 0.4) is 0 Å². The molecule has 1 unspecified atom stereocenters. The van der Waals surface area contributed by atoms with E-state index in [0.717, 1.165) is 12.8 Å². The fraction of sp³-hybridized carbons (Fsp3) is 1.00. The van der Waals surface area contributed by atoms with E-state index in [2.05, 4.69) is 13.8 Å². The molecule has 0 saturated heterocycles. The normalized spacial score (nSPS) is 15.3. The third kappa shape index (κ3) is 2.14. The first-order chi connectivity index (χ1) is 4.60. The Morgan fingerprint density at radius 1 is 1.40 bits per heavy atom. The van der Waals surface area contributed by atoms with E-state index >= 15 is 0 Å². The van der Waals surface area contributed by atoms with Crippen LogP contribution in [0.25, 0.3) is 0 Å². The molecule has 0 aliphatic rings. The van der Waals surface area contributed by atoms with Crippen molar-refractivity contribution in [2.45, 2.75) is 44.6 Å². The van der Waals surface area contributed by atoms with E-state index < -0.39 is 0 Å². The fourth-order valence-electron chi connectivity index (χ4n) is 1.04. The summed E-state index contributed by atoms with van der Waals surface area (Å²) in [5.74, 6) is 0. The number of rotatable bonds is 4. The zero-order valence-electron chi connectivity index (χ0n) is 7.28. The Morgan fingerprint density at radius 3 is 1.90 bits per heavy atom. The molecule has 0 radical (unpaired) electrons. The van der Waals surface area contributed by atoms with E-state index in [-0.39, 0.29) is 11.0 Å². The molecule has 0 N–H and O–H groups in total. The molecule has 0 aliphatic carbocycles. The van der Waals surface area contributed by atoms with Gasteiger partial charge in [-0.05, 0) is 19.8 Å². The number of hydrogen-bond acceptors (Lipinski definition) is 1. The molecule has 0 aromatic carbocycles. The summed E-state index contributed by atoms with van der Waals surface area (Å²) in [5, 5.41) is 0. The Balaban J connectivity index is 4.02. The monoisotopic (exact) mass is 164 g/mol. The SMILES string of the molecule is CCC(Cl)(CC)C(C)OC. The van der Waals surface area contributed by atoms with Gasteiger partial charge in [0, 0.05) is 7.11 Å². The maximum atomic E-state index is 6.23. The molecule has 0 aliphatic heterocycles. The lowest BCUT2D eigenvalue weighted by molar-refractivity contribution is 0.0764. The lowest BCUT2D eigenvalue weighted by Crippen LogP contribution is -2.34. The molecule has 0 saturated carbocycles. The summed E-state index contributed by atoms with van der Waals surface area (Å²) in [5.41, 5.74) is 0. The van der Waals surface area contributed by atoms with E-state index in [9.17, 15) is 0 Å². The second-order valence-electron chi connectivity index (χ2n) is 2.62. The molecule has 0 aromatic rings. The molecule has 2 heteroatoms. The number of hydrogen-bond donors (Lipinski definition) is 0. The Morgan fingerprint density at radius 2 is 1.80 bits per heavy atom. The van der Waals surface area contributed by atoms with Gasteiger partial charge in [-0.2, -0.15) is 0 Å². The van der Waals surface area contributed by atoms with Crippen LogP contribution < -0.4 is 0 Å². The Bertz CT molecular complexity index is 89.3. The third-order valence-corrected chi connectivity index (χ3v) is 3.10. The maximum absolute atomic E-state index is 6.23. The predicted octanol–water partition coefficient (Wildman–Crippen LogP) is 2.82. The van der Waals surface area contributed by atoms with Gasteiger partial charge < -0.3 is 4.74 Å². The van der Waals surface area contributed by atoms with Crippen LogP contribution in [0.4, 0.5) is 0 Å².